The Morgan fingerprint density at radius 2 is 2.16 bits per heavy atom. The van der Waals surface area contributed by atoms with E-state index in [4.69, 9.17) is 0 Å². The first-order valence-corrected chi connectivity index (χ1v) is 7.44. The van der Waals surface area contributed by atoms with E-state index in [1.54, 1.807) is 11.0 Å². The maximum Gasteiger partial charge on any atom is 0.261 e. The quantitative estimate of drug-likeness (QED) is 0.781. The Hall–Kier alpha value is -1.36. The van der Waals surface area contributed by atoms with Crippen LogP contribution >= 0.6 is 11.3 Å². The predicted molar refractivity (Wildman–Crippen MR) is 78.4 cm³/mol. The lowest BCUT2D eigenvalue weighted by Crippen LogP contribution is -2.31. The molecule has 0 aromatic carbocycles. The molecule has 1 aromatic rings. The van der Waals surface area contributed by atoms with Gasteiger partial charge in [-0.3, -0.25) is 9.59 Å². The van der Waals surface area contributed by atoms with Gasteiger partial charge < -0.3 is 10.2 Å². The summed E-state index contributed by atoms with van der Waals surface area (Å²) in [5, 5.41) is 4.70. The Morgan fingerprint density at radius 3 is 2.74 bits per heavy atom. The molecule has 1 rings (SSSR count). The van der Waals surface area contributed by atoms with Crippen molar-refractivity contribution in [2.24, 2.45) is 5.92 Å². The smallest absolute Gasteiger partial charge is 0.261 e. The molecule has 0 saturated carbocycles. The second-order valence-corrected chi connectivity index (χ2v) is 5.95. The van der Waals surface area contributed by atoms with Gasteiger partial charge in [0.2, 0.25) is 5.91 Å². The fourth-order valence-electron chi connectivity index (χ4n) is 1.78. The minimum Gasteiger partial charge on any atom is -0.351 e. The summed E-state index contributed by atoms with van der Waals surface area (Å²) >= 11 is 1.42. The van der Waals surface area contributed by atoms with Crippen LogP contribution in [0.5, 0.6) is 0 Å². The number of hydrogen-bond donors (Lipinski definition) is 1. The van der Waals surface area contributed by atoms with Gasteiger partial charge in [0.15, 0.2) is 0 Å². The van der Waals surface area contributed by atoms with Crippen molar-refractivity contribution >= 4 is 23.2 Å². The van der Waals surface area contributed by atoms with E-state index >= 15 is 0 Å². The molecule has 106 valence electrons. The van der Waals surface area contributed by atoms with E-state index in [0.29, 0.717) is 30.2 Å². The lowest BCUT2D eigenvalue weighted by molar-refractivity contribution is -0.130. The molecule has 0 atom stereocenters. The molecule has 0 radical (unpaired) electrons. The fraction of sp³-hybridized carbons (Fsp3) is 0.571. The molecule has 0 bridgehead atoms. The molecular formula is C14H22N2O2S. The van der Waals surface area contributed by atoms with Crippen molar-refractivity contribution in [3.05, 3.63) is 22.4 Å². The third-order valence-electron chi connectivity index (χ3n) is 2.66. The number of amides is 2. The molecule has 0 spiro atoms. The summed E-state index contributed by atoms with van der Waals surface area (Å²) in [7, 11) is 1.83. The first-order chi connectivity index (χ1) is 9.00. The van der Waals surface area contributed by atoms with Gasteiger partial charge in [-0.15, -0.1) is 11.3 Å². The Labute approximate surface area is 118 Å². The van der Waals surface area contributed by atoms with E-state index in [1.165, 1.54) is 11.3 Å². The largest absolute Gasteiger partial charge is 0.351 e. The highest BCUT2D eigenvalue weighted by atomic mass is 32.1. The van der Waals surface area contributed by atoms with Crippen LogP contribution in [0, 0.1) is 5.92 Å². The summed E-state index contributed by atoms with van der Waals surface area (Å²) in [5.74, 6) is 0.560. The monoisotopic (exact) mass is 282 g/mol. The van der Waals surface area contributed by atoms with Crippen LogP contribution in [0.1, 0.15) is 36.4 Å². The zero-order valence-corrected chi connectivity index (χ0v) is 12.6. The maximum atomic E-state index is 11.8. The van der Waals surface area contributed by atoms with Gasteiger partial charge in [0, 0.05) is 26.6 Å². The third kappa shape index (κ3) is 5.87. The summed E-state index contributed by atoms with van der Waals surface area (Å²) in [6.45, 7) is 5.49. The average molecular weight is 282 g/mol. The minimum atomic E-state index is -0.0574. The highest BCUT2D eigenvalue weighted by Gasteiger charge is 2.10. The van der Waals surface area contributed by atoms with Crippen LogP contribution in [0.3, 0.4) is 0 Å². The number of carbonyl (C=O) groups excluding carboxylic acids is 2. The van der Waals surface area contributed by atoms with Crippen LogP contribution in [0.2, 0.25) is 0 Å². The number of nitrogens with one attached hydrogen (secondary N) is 1. The van der Waals surface area contributed by atoms with Crippen molar-refractivity contribution in [3.8, 4) is 0 Å². The fourth-order valence-corrected chi connectivity index (χ4v) is 2.42. The molecule has 19 heavy (non-hydrogen) atoms. The highest BCUT2D eigenvalue weighted by Crippen LogP contribution is 2.07. The van der Waals surface area contributed by atoms with Crippen molar-refractivity contribution in [3.63, 3.8) is 0 Å². The van der Waals surface area contributed by atoms with Crippen molar-refractivity contribution in [2.75, 3.05) is 20.1 Å². The van der Waals surface area contributed by atoms with E-state index in [-0.39, 0.29) is 11.8 Å². The number of rotatable bonds is 7. The van der Waals surface area contributed by atoms with Crippen molar-refractivity contribution < 1.29 is 9.59 Å². The minimum absolute atomic E-state index is 0.0574. The zero-order valence-electron chi connectivity index (χ0n) is 11.8. The lowest BCUT2D eigenvalue weighted by atomic mass is 10.2. The standard InChI is InChI=1S/C14H22N2O2S/c1-11(2)10-16(3)13(17)7-4-8-15-14(18)12-6-5-9-19-12/h5-6,9,11H,4,7-8,10H2,1-3H3,(H,15,18). The summed E-state index contributed by atoms with van der Waals surface area (Å²) in [4.78, 5) is 25.9. The van der Waals surface area contributed by atoms with Gasteiger partial charge in [0.1, 0.15) is 0 Å². The van der Waals surface area contributed by atoms with Crippen LogP contribution in [-0.4, -0.2) is 36.9 Å². The van der Waals surface area contributed by atoms with Gasteiger partial charge in [-0.25, -0.2) is 0 Å². The normalized spacial score (nSPS) is 10.5. The lowest BCUT2D eigenvalue weighted by Gasteiger charge is -2.19. The molecule has 0 fully saturated rings. The zero-order chi connectivity index (χ0) is 14.3. The molecule has 0 aliphatic carbocycles. The van der Waals surface area contributed by atoms with Gasteiger partial charge in [-0.1, -0.05) is 19.9 Å². The van der Waals surface area contributed by atoms with Crippen LogP contribution in [0.4, 0.5) is 0 Å². The molecule has 0 aliphatic rings. The van der Waals surface area contributed by atoms with E-state index in [0.717, 1.165) is 6.54 Å². The van der Waals surface area contributed by atoms with Gasteiger partial charge >= 0.3 is 0 Å². The van der Waals surface area contributed by atoms with Crippen molar-refractivity contribution in [1.82, 2.24) is 10.2 Å². The summed E-state index contributed by atoms with van der Waals surface area (Å²) < 4.78 is 0. The number of nitrogens with zero attached hydrogens (tertiary/aromatic N) is 1. The van der Waals surface area contributed by atoms with Crippen molar-refractivity contribution in [2.45, 2.75) is 26.7 Å². The SMILES string of the molecule is CC(C)CN(C)C(=O)CCCNC(=O)c1cccs1. The first-order valence-electron chi connectivity index (χ1n) is 6.56. The van der Waals surface area contributed by atoms with Crippen LogP contribution < -0.4 is 5.32 Å². The second kappa shape index (κ2) is 7.94. The molecular weight excluding hydrogens is 260 g/mol. The van der Waals surface area contributed by atoms with Crippen LogP contribution in [0.25, 0.3) is 0 Å². The second-order valence-electron chi connectivity index (χ2n) is 5.00. The molecule has 0 saturated heterocycles. The highest BCUT2D eigenvalue weighted by molar-refractivity contribution is 7.12. The molecule has 1 aromatic heterocycles. The van der Waals surface area contributed by atoms with E-state index in [1.807, 2.05) is 18.5 Å². The predicted octanol–water partition coefficient (Wildman–Crippen LogP) is 2.37. The van der Waals surface area contributed by atoms with E-state index < -0.39 is 0 Å². The Morgan fingerprint density at radius 1 is 1.42 bits per heavy atom. The van der Waals surface area contributed by atoms with Crippen LogP contribution in [0.15, 0.2) is 17.5 Å². The molecule has 1 N–H and O–H groups in total. The van der Waals surface area contributed by atoms with E-state index in [9.17, 15) is 9.59 Å². The average Bonchev–Trinajstić information content (AvgIpc) is 2.86. The van der Waals surface area contributed by atoms with Gasteiger partial charge in [0.05, 0.1) is 4.88 Å². The van der Waals surface area contributed by atoms with Gasteiger partial charge in [-0.2, -0.15) is 0 Å². The Kier molecular flexibility index (Phi) is 6.56. The number of carbonyl (C=O) groups is 2. The molecule has 5 heteroatoms. The van der Waals surface area contributed by atoms with E-state index in [2.05, 4.69) is 19.2 Å². The maximum absolute atomic E-state index is 11.8. The molecule has 1 heterocycles. The summed E-state index contributed by atoms with van der Waals surface area (Å²) in [6, 6.07) is 3.64. The molecule has 0 aliphatic heterocycles. The molecule has 4 nitrogen and oxygen atoms in total. The topological polar surface area (TPSA) is 49.4 Å². The van der Waals surface area contributed by atoms with Gasteiger partial charge in [0.25, 0.3) is 5.91 Å². The summed E-state index contributed by atoms with van der Waals surface area (Å²) in [5.41, 5.74) is 0. The van der Waals surface area contributed by atoms with Crippen molar-refractivity contribution in [1.29, 1.82) is 0 Å². The Balaban J connectivity index is 2.17. The Bertz CT molecular complexity index is 402. The molecule has 2 amide bonds. The molecule has 0 unspecified atom stereocenters. The number of hydrogen-bond acceptors (Lipinski definition) is 3. The number of thiophene rings is 1. The third-order valence-corrected chi connectivity index (χ3v) is 3.53. The van der Waals surface area contributed by atoms with Crippen LogP contribution in [-0.2, 0) is 4.79 Å². The summed E-state index contributed by atoms with van der Waals surface area (Å²) in [6.07, 6.45) is 1.16. The first kappa shape index (κ1) is 15.7. The van der Waals surface area contributed by atoms with Gasteiger partial charge in [-0.05, 0) is 23.8 Å².